The summed E-state index contributed by atoms with van der Waals surface area (Å²) in [6, 6.07) is 0. The van der Waals surface area contributed by atoms with Gasteiger partial charge >= 0.3 is 0 Å². The number of amides is 1. The Labute approximate surface area is 83.6 Å². The van der Waals surface area contributed by atoms with Gasteiger partial charge < -0.3 is 15.2 Å². The minimum absolute atomic E-state index is 0.0952. The van der Waals surface area contributed by atoms with E-state index in [0.717, 1.165) is 12.8 Å². The molecular weight excluding hydrogens is 182 g/mol. The number of hydrogen-bond acceptors (Lipinski definition) is 3. The number of hydrogen-bond donors (Lipinski definition) is 2. The maximum absolute atomic E-state index is 11.5. The highest BCUT2D eigenvalue weighted by Crippen LogP contribution is 2.28. The lowest BCUT2D eigenvalue weighted by Gasteiger charge is -2.40. The van der Waals surface area contributed by atoms with Crippen molar-refractivity contribution in [3.8, 4) is 0 Å². The summed E-state index contributed by atoms with van der Waals surface area (Å²) in [6.45, 7) is 1.78. The van der Waals surface area contributed by atoms with Crippen LogP contribution in [0.15, 0.2) is 0 Å². The SMILES string of the molecule is O=C(NCC1(CO)COC1)C1CCC1. The van der Waals surface area contributed by atoms with E-state index in [2.05, 4.69) is 5.32 Å². The van der Waals surface area contributed by atoms with Gasteiger partial charge in [-0.2, -0.15) is 0 Å². The molecule has 1 saturated heterocycles. The second kappa shape index (κ2) is 3.87. The molecule has 0 radical (unpaired) electrons. The Morgan fingerprint density at radius 2 is 2.21 bits per heavy atom. The Morgan fingerprint density at radius 3 is 2.57 bits per heavy atom. The molecule has 2 aliphatic rings. The van der Waals surface area contributed by atoms with Crippen LogP contribution in [-0.2, 0) is 9.53 Å². The van der Waals surface area contributed by atoms with Gasteiger partial charge in [0.15, 0.2) is 0 Å². The molecule has 4 heteroatoms. The van der Waals surface area contributed by atoms with Crippen molar-refractivity contribution in [3.05, 3.63) is 0 Å². The Morgan fingerprint density at radius 1 is 1.50 bits per heavy atom. The van der Waals surface area contributed by atoms with Crippen LogP contribution in [-0.4, -0.2) is 37.4 Å². The molecule has 1 aliphatic heterocycles. The molecule has 0 aromatic carbocycles. The molecule has 0 unspecified atom stereocenters. The summed E-state index contributed by atoms with van der Waals surface area (Å²) in [7, 11) is 0. The fourth-order valence-corrected chi connectivity index (χ4v) is 1.73. The van der Waals surface area contributed by atoms with Crippen LogP contribution in [0.3, 0.4) is 0 Å². The van der Waals surface area contributed by atoms with Gasteiger partial charge in [-0.3, -0.25) is 4.79 Å². The Kier molecular flexibility index (Phi) is 2.74. The highest BCUT2D eigenvalue weighted by atomic mass is 16.5. The maximum Gasteiger partial charge on any atom is 0.223 e. The molecule has 0 aromatic rings. The molecule has 0 aromatic heterocycles. The van der Waals surface area contributed by atoms with Gasteiger partial charge in [0.05, 0.1) is 25.2 Å². The van der Waals surface area contributed by atoms with Crippen LogP contribution < -0.4 is 5.32 Å². The molecule has 2 rings (SSSR count). The Bertz CT molecular complexity index is 216. The second-order valence-corrected chi connectivity index (χ2v) is 4.50. The van der Waals surface area contributed by atoms with Gasteiger partial charge in [-0.25, -0.2) is 0 Å². The van der Waals surface area contributed by atoms with E-state index in [0.29, 0.717) is 19.8 Å². The minimum atomic E-state index is -0.195. The number of ether oxygens (including phenoxy) is 1. The standard InChI is InChI=1S/C10H17NO3/c12-5-10(6-14-7-10)4-11-9(13)8-2-1-3-8/h8,12H,1-7H2,(H,11,13). The summed E-state index contributed by atoms with van der Waals surface area (Å²) in [6.07, 6.45) is 3.22. The lowest BCUT2D eigenvalue weighted by Crippen LogP contribution is -2.54. The lowest BCUT2D eigenvalue weighted by molar-refractivity contribution is -0.143. The normalized spacial score (nSPS) is 24.9. The third-order valence-corrected chi connectivity index (χ3v) is 3.27. The van der Waals surface area contributed by atoms with Crippen molar-refractivity contribution in [2.75, 3.05) is 26.4 Å². The molecule has 0 bridgehead atoms. The molecule has 80 valence electrons. The topological polar surface area (TPSA) is 58.6 Å². The van der Waals surface area contributed by atoms with Crippen LogP contribution in [0.25, 0.3) is 0 Å². The van der Waals surface area contributed by atoms with E-state index >= 15 is 0 Å². The number of carbonyl (C=O) groups excluding carboxylic acids is 1. The van der Waals surface area contributed by atoms with E-state index in [9.17, 15) is 4.79 Å². The van der Waals surface area contributed by atoms with E-state index in [1.54, 1.807) is 0 Å². The first-order valence-corrected chi connectivity index (χ1v) is 5.22. The summed E-state index contributed by atoms with van der Waals surface area (Å²) in [4.78, 5) is 11.5. The number of aliphatic hydroxyl groups excluding tert-OH is 1. The van der Waals surface area contributed by atoms with Crippen molar-refractivity contribution in [1.29, 1.82) is 0 Å². The molecule has 1 amide bonds. The number of aliphatic hydroxyl groups is 1. The van der Waals surface area contributed by atoms with E-state index in [-0.39, 0.29) is 23.8 Å². The van der Waals surface area contributed by atoms with E-state index in [1.165, 1.54) is 6.42 Å². The zero-order valence-corrected chi connectivity index (χ0v) is 8.29. The predicted octanol–water partition coefficient (Wildman–Crippen LogP) is -0.0884. The van der Waals surface area contributed by atoms with Crippen LogP contribution in [0.5, 0.6) is 0 Å². The van der Waals surface area contributed by atoms with E-state index in [1.807, 2.05) is 0 Å². The zero-order valence-electron chi connectivity index (χ0n) is 8.29. The lowest BCUT2D eigenvalue weighted by atomic mass is 9.83. The molecule has 1 saturated carbocycles. The van der Waals surface area contributed by atoms with Gasteiger partial charge in [0.1, 0.15) is 0 Å². The summed E-state index contributed by atoms with van der Waals surface area (Å²) >= 11 is 0. The van der Waals surface area contributed by atoms with Crippen molar-refractivity contribution in [2.45, 2.75) is 19.3 Å². The van der Waals surface area contributed by atoms with Crippen LogP contribution in [0.1, 0.15) is 19.3 Å². The van der Waals surface area contributed by atoms with Gasteiger partial charge in [-0.1, -0.05) is 6.42 Å². The summed E-state index contributed by atoms with van der Waals surface area (Å²) in [5.74, 6) is 0.378. The fraction of sp³-hybridized carbons (Fsp3) is 0.900. The van der Waals surface area contributed by atoms with Crippen LogP contribution in [0.4, 0.5) is 0 Å². The highest BCUT2D eigenvalue weighted by Gasteiger charge is 2.39. The van der Waals surface area contributed by atoms with Gasteiger partial charge in [0.25, 0.3) is 0 Å². The van der Waals surface area contributed by atoms with Crippen LogP contribution >= 0.6 is 0 Å². The van der Waals surface area contributed by atoms with E-state index in [4.69, 9.17) is 9.84 Å². The molecule has 2 N–H and O–H groups in total. The van der Waals surface area contributed by atoms with Crippen molar-refractivity contribution in [3.63, 3.8) is 0 Å². The fourth-order valence-electron chi connectivity index (χ4n) is 1.73. The van der Waals surface area contributed by atoms with Crippen molar-refractivity contribution < 1.29 is 14.6 Å². The average Bonchev–Trinajstić information content (AvgIpc) is 2.00. The summed E-state index contributed by atoms with van der Waals surface area (Å²) in [5.41, 5.74) is -0.195. The smallest absolute Gasteiger partial charge is 0.223 e. The van der Waals surface area contributed by atoms with Gasteiger partial charge in [0, 0.05) is 12.5 Å². The number of nitrogens with one attached hydrogen (secondary N) is 1. The minimum Gasteiger partial charge on any atom is -0.396 e. The van der Waals surface area contributed by atoms with Gasteiger partial charge in [-0.05, 0) is 12.8 Å². The molecule has 4 nitrogen and oxygen atoms in total. The average molecular weight is 199 g/mol. The first-order chi connectivity index (χ1) is 6.76. The number of carbonyl (C=O) groups is 1. The molecule has 14 heavy (non-hydrogen) atoms. The van der Waals surface area contributed by atoms with Crippen molar-refractivity contribution in [1.82, 2.24) is 5.32 Å². The third kappa shape index (κ3) is 1.77. The van der Waals surface area contributed by atoms with Crippen LogP contribution in [0, 0.1) is 11.3 Å². The van der Waals surface area contributed by atoms with Gasteiger partial charge in [-0.15, -0.1) is 0 Å². The highest BCUT2D eigenvalue weighted by molar-refractivity contribution is 5.79. The molecular formula is C10H17NO3. The van der Waals surface area contributed by atoms with Crippen molar-refractivity contribution in [2.24, 2.45) is 11.3 Å². The molecule has 1 heterocycles. The Balaban J connectivity index is 1.72. The summed E-state index contributed by atoms with van der Waals surface area (Å²) in [5, 5.41) is 12.0. The predicted molar refractivity (Wildman–Crippen MR) is 50.7 cm³/mol. The molecule has 2 fully saturated rings. The molecule has 1 aliphatic carbocycles. The molecule has 0 atom stereocenters. The quantitative estimate of drug-likeness (QED) is 0.665. The van der Waals surface area contributed by atoms with Crippen LogP contribution in [0.2, 0.25) is 0 Å². The van der Waals surface area contributed by atoms with Gasteiger partial charge in [0.2, 0.25) is 5.91 Å². The first kappa shape index (κ1) is 9.93. The second-order valence-electron chi connectivity index (χ2n) is 4.50. The number of rotatable bonds is 4. The zero-order chi connectivity index (χ0) is 10.0. The third-order valence-electron chi connectivity index (χ3n) is 3.27. The molecule has 0 spiro atoms. The van der Waals surface area contributed by atoms with Crippen molar-refractivity contribution >= 4 is 5.91 Å². The Hall–Kier alpha value is -0.610. The largest absolute Gasteiger partial charge is 0.396 e. The monoisotopic (exact) mass is 199 g/mol. The summed E-state index contributed by atoms with van der Waals surface area (Å²) < 4.78 is 5.05. The first-order valence-electron chi connectivity index (χ1n) is 5.22. The van der Waals surface area contributed by atoms with E-state index < -0.39 is 0 Å². The maximum atomic E-state index is 11.5.